The summed E-state index contributed by atoms with van der Waals surface area (Å²) in [5.74, 6) is -0.548. The first-order valence-electron chi connectivity index (χ1n) is 5.41. The Hall–Kier alpha value is -2.03. The number of thiophene rings is 1. The molecule has 0 radical (unpaired) electrons. The number of nitrogens with two attached hydrogens (primary N) is 1. The molecule has 3 N–H and O–H groups in total. The normalized spacial score (nSPS) is 9.89. The monoisotopic (exact) mass is 291 g/mol. The van der Waals surface area contributed by atoms with E-state index in [0.717, 1.165) is 10.6 Å². The molecule has 6 heteroatoms. The van der Waals surface area contributed by atoms with E-state index in [2.05, 4.69) is 11.4 Å². The number of rotatable bonds is 4. The predicted molar refractivity (Wildman–Crippen MR) is 76.3 cm³/mol. The summed E-state index contributed by atoms with van der Waals surface area (Å²) in [4.78, 5) is 12.1. The fraction of sp³-hybridized carbons (Fsp3) is 0.0769. The maximum Gasteiger partial charge on any atom is 0.250 e. The van der Waals surface area contributed by atoms with Crippen LogP contribution >= 0.6 is 22.9 Å². The molecule has 0 fully saturated rings. The Kier molecular flexibility index (Phi) is 4.05. The van der Waals surface area contributed by atoms with Crippen LogP contribution in [0.3, 0.4) is 0 Å². The van der Waals surface area contributed by atoms with Crippen LogP contribution in [0.2, 0.25) is 5.02 Å². The molecule has 0 aliphatic heterocycles. The summed E-state index contributed by atoms with van der Waals surface area (Å²) in [6.45, 7) is 0.596. The molecular weight excluding hydrogens is 282 g/mol. The zero-order chi connectivity index (χ0) is 13.8. The number of hydrogen-bond acceptors (Lipinski definition) is 4. The molecule has 1 aromatic heterocycles. The number of hydrogen-bond donors (Lipinski definition) is 2. The summed E-state index contributed by atoms with van der Waals surface area (Å²) in [7, 11) is 0. The summed E-state index contributed by atoms with van der Waals surface area (Å²) in [5, 5.41) is 14.0. The molecular formula is C13H10ClN3OS. The second-order valence-electron chi connectivity index (χ2n) is 3.83. The molecule has 0 atom stereocenters. The van der Waals surface area contributed by atoms with E-state index in [1.165, 1.54) is 11.3 Å². The first-order chi connectivity index (χ1) is 9.10. The highest BCUT2D eigenvalue weighted by Crippen LogP contribution is 2.22. The van der Waals surface area contributed by atoms with Crippen molar-refractivity contribution < 1.29 is 4.79 Å². The lowest BCUT2D eigenvalue weighted by Gasteiger charge is -2.07. The standard InChI is InChI=1S/C13H10ClN3OS/c14-12-4-9(1-2-11(12)13(16)18)17-6-10-3-8(5-15)7-19-10/h1-4,7,17H,6H2,(H2,16,18). The summed E-state index contributed by atoms with van der Waals surface area (Å²) in [5.41, 5.74) is 6.93. The van der Waals surface area contributed by atoms with E-state index in [4.69, 9.17) is 22.6 Å². The van der Waals surface area contributed by atoms with Crippen LogP contribution in [0.25, 0.3) is 0 Å². The minimum atomic E-state index is -0.548. The molecule has 1 aromatic carbocycles. The summed E-state index contributed by atoms with van der Waals surface area (Å²) < 4.78 is 0. The lowest BCUT2D eigenvalue weighted by Crippen LogP contribution is -2.11. The van der Waals surface area contributed by atoms with Crippen molar-refractivity contribution in [3.05, 3.63) is 50.7 Å². The van der Waals surface area contributed by atoms with Crippen molar-refractivity contribution in [1.29, 1.82) is 5.26 Å². The molecule has 0 aliphatic carbocycles. The van der Waals surface area contributed by atoms with Crippen LogP contribution in [0.1, 0.15) is 20.8 Å². The third-order valence-corrected chi connectivity index (χ3v) is 3.73. The molecule has 1 heterocycles. The Labute approximate surface area is 119 Å². The van der Waals surface area contributed by atoms with E-state index in [-0.39, 0.29) is 0 Å². The third-order valence-electron chi connectivity index (χ3n) is 2.48. The Balaban J connectivity index is 2.06. The number of carbonyl (C=O) groups excluding carboxylic acids is 1. The number of amides is 1. The molecule has 1 amide bonds. The van der Waals surface area contributed by atoms with Gasteiger partial charge in [-0.05, 0) is 24.3 Å². The average molecular weight is 292 g/mol. The number of nitrogens with one attached hydrogen (secondary N) is 1. The first kappa shape index (κ1) is 13.4. The molecule has 19 heavy (non-hydrogen) atoms. The van der Waals surface area contributed by atoms with Gasteiger partial charge in [0.15, 0.2) is 0 Å². The van der Waals surface area contributed by atoms with Gasteiger partial charge in [-0.3, -0.25) is 4.79 Å². The van der Waals surface area contributed by atoms with Gasteiger partial charge >= 0.3 is 0 Å². The predicted octanol–water partition coefficient (Wildman–Crippen LogP) is 2.98. The van der Waals surface area contributed by atoms with Crippen molar-refractivity contribution in [1.82, 2.24) is 0 Å². The topological polar surface area (TPSA) is 78.9 Å². The van der Waals surface area contributed by atoms with Gasteiger partial charge in [-0.15, -0.1) is 11.3 Å². The van der Waals surface area contributed by atoms with Crippen molar-refractivity contribution in [2.24, 2.45) is 5.73 Å². The van der Waals surface area contributed by atoms with Crippen LogP contribution in [0.4, 0.5) is 5.69 Å². The van der Waals surface area contributed by atoms with Gasteiger partial charge in [-0.2, -0.15) is 5.26 Å². The number of benzene rings is 1. The van der Waals surface area contributed by atoms with Gasteiger partial charge in [-0.1, -0.05) is 11.6 Å². The number of carbonyl (C=O) groups is 1. The van der Waals surface area contributed by atoms with E-state index in [0.29, 0.717) is 22.7 Å². The van der Waals surface area contributed by atoms with Gasteiger partial charge in [0.2, 0.25) is 5.91 Å². The summed E-state index contributed by atoms with van der Waals surface area (Å²) in [6, 6.07) is 8.89. The second kappa shape index (κ2) is 5.74. The van der Waals surface area contributed by atoms with Crippen LogP contribution in [-0.4, -0.2) is 5.91 Å². The number of nitriles is 1. The minimum Gasteiger partial charge on any atom is -0.380 e. The van der Waals surface area contributed by atoms with E-state index in [1.54, 1.807) is 23.6 Å². The summed E-state index contributed by atoms with van der Waals surface area (Å²) in [6.07, 6.45) is 0. The largest absolute Gasteiger partial charge is 0.380 e. The van der Waals surface area contributed by atoms with Crippen LogP contribution in [-0.2, 0) is 6.54 Å². The van der Waals surface area contributed by atoms with Gasteiger partial charge in [0.1, 0.15) is 6.07 Å². The number of halogens is 1. The molecule has 0 spiro atoms. The molecule has 0 saturated carbocycles. The van der Waals surface area contributed by atoms with E-state index in [1.807, 2.05) is 6.07 Å². The second-order valence-corrected chi connectivity index (χ2v) is 5.23. The minimum absolute atomic E-state index is 0.301. The van der Waals surface area contributed by atoms with Crippen LogP contribution in [0, 0.1) is 11.3 Å². The third kappa shape index (κ3) is 3.25. The highest BCUT2D eigenvalue weighted by atomic mass is 35.5. The summed E-state index contributed by atoms with van der Waals surface area (Å²) >= 11 is 7.46. The molecule has 4 nitrogen and oxygen atoms in total. The SMILES string of the molecule is N#Cc1csc(CNc2ccc(C(N)=O)c(Cl)c2)c1. The molecule has 0 aliphatic rings. The highest BCUT2D eigenvalue weighted by Gasteiger charge is 2.07. The van der Waals surface area contributed by atoms with Crippen LogP contribution in [0.5, 0.6) is 0 Å². The smallest absolute Gasteiger partial charge is 0.250 e. The van der Waals surface area contributed by atoms with Crippen molar-refractivity contribution in [2.75, 3.05) is 5.32 Å². The zero-order valence-electron chi connectivity index (χ0n) is 9.81. The molecule has 0 saturated heterocycles. The number of primary amides is 1. The lowest BCUT2D eigenvalue weighted by atomic mass is 10.2. The van der Waals surface area contributed by atoms with E-state index < -0.39 is 5.91 Å². The molecule has 96 valence electrons. The quantitative estimate of drug-likeness (QED) is 0.909. The van der Waals surface area contributed by atoms with Gasteiger partial charge in [0, 0.05) is 22.5 Å². The number of nitrogens with zero attached hydrogens (tertiary/aromatic N) is 1. The maximum absolute atomic E-state index is 11.0. The maximum atomic E-state index is 11.0. The van der Waals surface area contributed by atoms with Crippen molar-refractivity contribution in [3.8, 4) is 6.07 Å². The molecule has 2 aromatic rings. The fourth-order valence-corrected chi connectivity index (χ4v) is 2.57. The van der Waals surface area contributed by atoms with Crippen molar-refractivity contribution in [3.63, 3.8) is 0 Å². The van der Waals surface area contributed by atoms with E-state index >= 15 is 0 Å². The van der Waals surface area contributed by atoms with Crippen molar-refractivity contribution >= 4 is 34.5 Å². The fourth-order valence-electron chi connectivity index (χ4n) is 1.55. The average Bonchev–Trinajstić information content (AvgIpc) is 2.84. The van der Waals surface area contributed by atoms with Gasteiger partial charge in [-0.25, -0.2) is 0 Å². The zero-order valence-corrected chi connectivity index (χ0v) is 11.4. The number of anilines is 1. The van der Waals surface area contributed by atoms with Crippen LogP contribution < -0.4 is 11.1 Å². The Morgan fingerprint density at radius 1 is 1.47 bits per heavy atom. The highest BCUT2D eigenvalue weighted by molar-refractivity contribution is 7.10. The molecule has 2 rings (SSSR count). The van der Waals surface area contributed by atoms with Crippen LogP contribution in [0.15, 0.2) is 29.6 Å². The Bertz CT molecular complexity index is 660. The molecule has 0 bridgehead atoms. The Morgan fingerprint density at radius 2 is 2.26 bits per heavy atom. The van der Waals surface area contributed by atoms with Crippen molar-refractivity contribution in [2.45, 2.75) is 6.54 Å². The van der Waals surface area contributed by atoms with Gasteiger partial charge < -0.3 is 11.1 Å². The Morgan fingerprint density at radius 3 is 2.84 bits per heavy atom. The first-order valence-corrected chi connectivity index (χ1v) is 6.66. The van der Waals surface area contributed by atoms with Gasteiger partial charge in [0.25, 0.3) is 0 Å². The van der Waals surface area contributed by atoms with Gasteiger partial charge in [0.05, 0.1) is 16.1 Å². The lowest BCUT2D eigenvalue weighted by molar-refractivity contribution is 0.100. The molecule has 0 unspecified atom stereocenters. The van der Waals surface area contributed by atoms with E-state index in [9.17, 15) is 4.79 Å².